The largest absolute Gasteiger partial charge is 0.380 e. The van der Waals surface area contributed by atoms with Gasteiger partial charge in [0.1, 0.15) is 0 Å². The zero-order valence-corrected chi connectivity index (χ0v) is 18.9. The first kappa shape index (κ1) is 21.2. The van der Waals surface area contributed by atoms with Crippen molar-refractivity contribution in [2.75, 3.05) is 23.3 Å². The van der Waals surface area contributed by atoms with Crippen molar-refractivity contribution in [1.29, 1.82) is 0 Å². The van der Waals surface area contributed by atoms with E-state index in [1.54, 1.807) is 0 Å². The van der Waals surface area contributed by atoms with Gasteiger partial charge in [-0.15, -0.1) is 0 Å². The van der Waals surface area contributed by atoms with Gasteiger partial charge in [-0.1, -0.05) is 18.2 Å². The summed E-state index contributed by atoms with van der Waals surface area (Å²) in [4.78, 5) is 25.6. The molecule has 0 bridgehead atoms. The summed E-state index contributed by atoms with van der Waals surface area (Å²) in [6.07, 6.45) is 5.58. The highest BCUT2D eigenvalue weighted by Gasteiger charge is 2.31. The maximum Gasteiger partial charge on any atom is 0.256 e. The molecule has 1 saturated heterocycles. The first-order valence-corrected chi connectivity index (χ1v) is 11.3. The van der Waals surface area contributed by atoms with E-state index >= 15 is 0 Å². The molecule has 0 radical (unpaired) electrons. The Morgan fingerprint density at radius 3 is 2.58 bits per heavy atom. The lowest BCUT2D eigenvalue weighted by atomic mass is 10.00. The van der Waals surface area contributed by atoms with E-state index < -0.39 is 0 Å². The molecule has 3 heterocycles. The molecule has 31 heavy (non-hydrogen) atoms. The number of nitrogens with one attached hydrogen (secondary N) is 2. The van der Waals surface area contributed by atoms with Crippen LogP contribution < -0.4 is 10.2 Å². The van der Waals surface area contributed by atoms with Crippen LogP contribution in [0, 0.1) is 0 Å². The van der Waals surface area contributed by atoms with Crippen molar-refractivity contribution >= 4 is 28.3 Å². The predicted octanol–water partition coefficient (Wildman–Crippen LogP) is 4.90. The van der Waals surface area contributed by atoms with E-state index in [4.69, 9.17) is 4.98 Å². The van der Waals surface area contributed by atoms with Crippen LogP contribution in [0.1, 0.15) is 50.9 Å². The Hall–Kier alpha value is -3.02. The molecule has 164 valence electrons. The van der Waals surface area contributed by atoms with E-state index in [1.807, 2.05) is 47.6 Å². The van der Waals surface area contributed by atoms with Crippen molar-refractivity contribution in [2.45, 2.75) is 58.7 Å². The fourth-order valence-corrected chi connectivity index (χ4v) is 4.63. The lowest BCUT2D eigenvalue weighted by Gasteiger charge is -2.42. The molecule has 0 atom stereocenters. The number of aromatic nitrogens is 2. The van der Waals surface area contributed by atoms with Crippen molar-refractivity contribution in [2.24, 2.45) is 0 Å². The van der Waals surface area contributed by atoms with Gasteiger partial charge in [0.2, 0.25) is 0 Å². The monoisotopic (exact) mass is 419 g/mol. The molecule has 1 aliphatic heterocycles. The fraction of sp³-hybridized carbons (Fsp3) is 0.440. The number of hydrogen-bond donors (Lipinski definition) is 2. The highest BCUT2D eigenvalue weighted by molar-refractivity contribution is 6.06. The molecule has 0 unspecified atom stereocenters. The number of likely N-dealkylation sites (tertiary alicyclic amines) is 1. The normalized spacial score (nSPS) is 15.1. The van der Waals surface area contributed by atoms with Crippen LogP contribution in [0.4, 0.5) is 11.5 Å². The molecule has 2 N–H and O–H groups in total. The second-order valence-electron chi connectivity index (χ2n) is 8.95. The molecule has 1 aromatic carbocycles. The van der Waals surface area contributed by atoms with Gasteiger partial charge in [0, 0.05) is 54.5 Å². The Labute approximate surface area is 184 Å². The molecule has 6 nitrogen and oxygen atoms in total. The van der Waals surface area contributed by atoms with Crippen LogP contribution in [0.15, 0.2) is 48.8 Å². The molecular formula is C25H33N5O. The van der Waals surface area contributed by atoms with Crippen LogP contribution in [0.5, 0.6) is 0 Å². The third-order valence-corrected chi connectivity index (χ3v) is 6.00. The van der Waals surface area contributed by atoms with Gasteiger partial charge in [-0.2, -0.15) is 0 Å². The number of anilines is 2. The van der Waals surface area contributed by atoms with Crippen LogP contribution in [0.3, 0.4) is 0 Å². The molecular weight excluding hydrogens is 386 g/mol. The van der Waals surface area contributed by atoms with Gasteiger partial charge in [0.05, 0.1) is 11.3 Å². The highest BCUT2D eigenvalue weighted by Crippen LogP contribution is 2.31. The number of rotatable bonds is 6. The molecule has 0 aliphatic carbocycles. The lowest BCUT2D eigenvalue weighted by Crippen LogP contribution is -2.49. The Balaban J connectivity index is 1.50. The summed E-state index contributed by atoms with van der Waals surface area (Å²) >= 11 is 0. The number of hydrogen-bond acceptors (Lipinski definition) is 4. The molecule has 0 saturated carbocycles. The second-order valence-corrected chi connectivity index (χ2v) is 8.95. The van der Waals surface area contributed by atoms with Crippen molar-refractivity contribution in [3.8, 4) is 0 Å². The molecule has 0 spiro atoms. The van der Waals surface area contributed by atoms with E-state index in [0.717, 1.165) is 53.9 Å². The Morgan fingerprint density at radius 1 is 1.13 bits per heavy atom. The number of amides is 1. The SMILES string of the molecule is CC(C)Nc1cccnc1N(C(C)C)C1CCN(C(=O)c2c[nH]c3ccccc23)CC1. The van der Waals surface area contributed by atoms with E-state index in [2.05, 4.69) is 49.0 Å². The molecule has 6 heteroatoms. The highest BCUT2D eigenvalue weighted by atomic mass is 16.2. The number of aromatic amines is 1. The minimum Gasteiger partial charge on any atom is -0.380 e. The zero-order valence-electron chi connectivity index (χ0n) is 18.9. The van der Waals surface area contributed by atoms with Gasteiger partial charge < -0.3 is 20.1 Å². The van der Waals surface area contributed by atoms with Crippen molar-refractivity contribution < 1.29 is 4.79 Å². The summed E-state index contributed by atoms with van der Waals surface area (Å²) < 4.78 is 0. The van der Waals surface area contributed by atoms with Gasteiger partial charge in [-0.3, -0.25) is 4.79 Å². The van der Waals surface area contributed by atoms with Crippen LogP contribution in [-0.4, -0.2) is 52.0 Å². The minimum absolute atomic E-state index is 0.118. The molecule has 1 fully saturated rings. The molecule has 1 amide bonds. The Kier molecular flexibility index (Phi) is 6.16. The molecule has 1 aliphatic rings. The zero-order chi connectivity index (χ0) is 22.0. The number of carbonyl (C=O) groups excluding carboxylic acids is 1. The number of para-hydroxylation sites is 1. The third kappa shape index (κ3) is 4.38. The summed E-state index contributed by atoms with van der Waals surface area (Å²) in [5, 5.41) is 4.53. The van der Waals surface area contributed by atoms with Crippen molar-refractivity contribution in [1.82, 2.24) is 14.9 Å². The number of benzene rings is 1. The average molecular weight is 420 g/mol. The van der Waals surface area contributed by atoms with Crippen LogP contribution in [-0.2, 0) is 0 Å². The van der Waals surface area contributed by atoms with Crippen LogP contribution in [0.25, 0.3) is 10.9 Å². The maximum atomic E-state index is 13.2. The lowest BCUT2D eigenvalue weighted by molar-refractivity contribution is 0.0713. The summed E-state index contributed by atoms with van der Waals surface area (Å²) in [5.74, 6) is 1.12. The number of nitrogens with zero attached hydrogens (tertiary/aromatic N) is 3. The van der Waals surface area contributed by atoms with Crippen molar-refractivity contribution in [3.05, 3.63) is 54.4 Å². The third-order valence-electron chi connectivity index (χ3n) is 6.00. The van der Waals surface area contributed by atoms with Gasteiger partial charge in [0.25, 0.3) is 5.91 Å². The van der Waals surface area contributed by atoms with E-state index in [-0.39, 0.29) is 5.91 Å². The first-order chi connectivity index (χ1) is 15.0. The number of H-pyrrole nitrogens is 1. The number of piperidine rings is 1. The van der Waals surface area contributed by atoms with Gasteiger partial charge in [0.15, 0.2) is 5.82 Å². The second kappa shape index (κ2) is 9.00. The van der Waals surface area contributed by atoms with Gasteiger partial charge >= 0.3 is 0 Å². The summed E-state index contributed by atoms with van der Waals surface area (Å²) in [6.45, 7) is 10.2. The van der Waals surface area contributed by atoms with Crippen LogP contribution in [0.2, 0.25) is 0 Å². The first-order valence-electron chi connectivity index (χ1n) is 11.3. The maximum absolute atomic E-state index is 13.2. The van der Waals surface area contributed by atoms with E-state index in [9.17, 15) is 4.79 Å². The number of carbonyl (C=O) groups is 1. The summed E-state index contributed by atoms with van der Waals surface area (Å²) in [6, 6.07) is 13.1. The fourth-order valence-electron chi connectivity index (χ4n) is 4.63. The topological polar surface area (TPSA) is 64.3 Å². The van der Waals surface area contributed by atoms with Gasteiger partial charge in [-0.05, 0) is 58.7 Å². The van der Waals surface area contributed by atoms with E-state index in [0.29, 0.717) is 18.1 Å². The predicted molar refractivity (Wildman–Crippen MR) is 128 cm³/mol. The smallest absolute Gasteiger partial charge is 0.256 e. The van der Waals surface area contributed by atoms with E-state index in [1.165, 1.54) is 0 Å². The quantitative estimate of drug-likeness (QED) is 0.596. The molecule has 2 aromatic heterocycles. The van der Waals surface area contributed by atoms with Crippen LogP contribution >= 0.6 is 0 Å². The molecule has 3 aromatic rings. The Bertz CT molecular complexity index is 1030. The summed E-state index contributed by atoms with van der Waals surface area (Å²) in [7, 11) is 0. The summed E-state index contributed by atoms with van der Waals surface area (Å²) in [5.41, 5.74) is 2.85. The minimum atomic E-state index is 0.118. The molecule has 4 rings (SSSR count). The number of pyridine rings is 1. The van der Waals surface area contributed by atoms with Gasteiger partial charge in [-0.25, -0.2) is 4.98 Å². The standard InChI is InChI=1S/C25H33N5O/c1-17(2)28-23-10-7-13-26-24(23)30(18(3)4)19-11-14-29(15-12-19)25(31)21-16-27-22-9-6-5-8-20(21)22/h5-10,13,16-19,27-28H,11-12,14-15H2,1-4H3. The van der Waals surface area contributed by atoms with Crippen molar-refractivity contribution in [3.63, 3.8) is 0 Å². The average Bonchev–Trinajstić information content (AvgIpc) is 3.19. The number of fused-ring (bicyclic) bond motifs is 1. The Morgan fingerprint density at radius 2 is 1.87 bits per heavy atom.